The number of benzene rings is 3. The topological polar surface area (TPSA) is 60.0 Å². The van der Waals surface area contributed by atoms with Gasteiger partial charge in [0, 0.05) is 36.1 Å². The van der Waals surface area contributed by atoms with Gasteiger partial charge in [0.05, 0.1) is 25.9 Å². The maximum Gasteiger partial charge on any atom is 0.259 e. The summed E-state index contributed by atoms with van der Waals surface area (Å²) in [6.07, 6.45) is 0. The Morgan fingerprint density at radius 2 is 1.71 bits per heavy atom. The molecule has 0 aliphatic carbocycles. The molecule has 1 aliphatic rings. The zero-order valence-corrected chi connectivity index (χ0v) is 20.5. The third-order valence-corrected chi connectivity index (χ3v) is 6.21. The molecule has 1 saturated heterocycles. The van der Waals surface area contributed by atoms with E-state index in [1.807, 2.05) is 54.6 Å². The molecule has 1 fully saturated rings. The van der Waals surface area contributed by atoms with Gasteiger partial charge in [0.2, 0.25) is 0 Å². The van der Waals surface area contributed by atoms with Crippen LogP contribution in [0.1, 0.15) is 36.7 Å². The van der Waals surface area contributed by atoms with Crippen molar-refractivity contribution in [3.8, 4) is 11.5 Å². The Kier molecular flexibility index (Phi) is 7.39. The van der Waals surface area contributed by atoms with Gasteiger partial charge in [-0.25, -0.2) is 0 Å². The Morgan fingerprint density at radius 3 is 2.41 bits per heavy atom. The number of nitrogens with zero attached hydrogens (tertiary/aromatic N) is 1. The number of anilines is 1. The summed E-state index contributed by atoms with van der Waals surface area (Å²) >= 11 is 0. The van der Waals surface area contributed by atoms with Crippen LogP contribution in [0.5, 0.6) is 11.5 Å². The monoisotopic (exact) mass is 462 g/mol. The smallest absolute Gasteiger partial charge is 0.259 e. The van der Waals surface area contributed by atoms with E-state index in [-0.39, 0.29) is 11.3 Å². The Morgan fingerprint density at radius 1 is 1.00 bits per heavy atom. The molecule has 0 bridgehead atoms. The highest BCUT2D eigenvalue weighted by Gasteiger charge is 2.20. The van der Waals surface area contributed by atoms with Crippen molar-refractivity contribution in [2.24, 2.45) is 0 Å². The number of rotatable bonds is 7. The van der Waals surface area contributed by atoms with Crippen LogP contribution in [-0.2, 0) is 10.2 Å². The molecule has 0 unspecified atom stereocenters. The minimum absolute atomic E-state index is 0.0752. The molecule has 1 heterocycles. The fraction of sp³-hybridized carbons (Fsp3) is 0.393. The van der Waals surface area contributed by atoms with Crippen molar-refractivity contribution >= 4 is 22.4 Å². The van der Waals surface area contributed by atoms with Crippen LogP contribution in [0.25, 0.3) is 10.8 Å². The van der Waals surface area contributed by atoms with Crippen molar-refractivity contribution in [1.29, 1.82) is 0 Å². The normalized spacial score (nSPS) is 14.7. The van der Waals surface area contributed by atoms with Crippen molar-refractivity contribution in [2.75, 3.05) is 51.9 Å². The van der Waals surface area contributed by atoms with Gasteiger partial charge in [0.25, 0.3) is 5.91 Å². The zero-order valence-electron chi connectivity index (χ0n) is 20.5. The van der Waals surface area contributed by atoms with Crippen molar-refractivity contribution < 1.29 is 19.0 Å². The summed E-state index contributed by atoms with van der Waals surface area (Å²) in [4.78, 5) is 15.7. The molecule has 0 aromatic heterocycles. The summed E-state index contributed by atoms with van der Waals surface area (Å²) in [7, 11) is 1.58. The summed E-state index contributed by atoms with van der Waals surface area (Å²) in [5, 5.41) is 5.00. The lowest BCUT2D eigenvalue weighted by Crippen LogP contribution is -2.38. The van der Waals surface area contributed by atoms with Crippen LogP contribution in [-0.4, -0.2) is 57.4 Å². The van der Waals surface area contributed by atoms with Crippen LogP contribution < -0.4 is 14.8 Å². The molecule has 1 amide bonds. The number of carbonyl (C=O) groups excluding carboxylic acids is 1. The van der Waals surface area contributed by atoms with Gasteiger partial charge in [-0.1, -0.05) is 51.1 Å². The molecule has 3 aromatic carbocycles. The van der Waals surface area contributed by atoms with E-state index in [4.69, 9.17) is 14.2 Å². The minimum Gasteiger partial charge on any atom is -0.496 e. The van der Waals surface area contributed by atoms with Gasteiger partial charge in [-0.15, -0.1) is 0 Å². The van der Waals surface area contributed by atoms with Crippen LogP contribution in [0.4, 0.5) is 5.69 Å². The minimum atomic E-state index is -0.200. The lowest BCUT2D eigenvalue weighted by molar-refractivity contribution is 0.0323. The zero-order chi connectivity index (χ0) is 24.1. The van der Waals surface area contributed by atoms with Crippen molar-refractivity contribution in [1.82, 2.24) is 4.90 Å². The van der Waals surface area contributed by atoms with Crippen LogP contribution in [0.3, 0.4) is 0 Å². The van der Waals surface area contributed by atoms with Crippen LogP contribution in [0.15, 0.2) is 54.6 Å². The largest absolute Gasteiger partial charge is 0.496 e. The Bertz CT molecular complexity index is 1150. The number of nitrogens with one attached hydrogen (secondary N) is 1. The number of hydrogen-bond acceptors (Lipinski definition) is 5. The van der Waals surface area contributed by atoms with E-state index in [0.717, 1.165) is 60.6 Å². The molecule has 0 atom stereocenters. The second kappa shape index (κ2) is 10.5. The molecule has 0 spiro atoms. The molecular weight excluding hydrogens is 428 g/mol. The van der Waals surface area contributed by atoms with Crippen molar-refractivity contribution in [2.45, 2.75) is 26.2 Å². The van der Waals surface area contributed by atoms with Crippen LogP contribution >= 0.6 is 0 Å². The predicted octanol–water partition coefficient (Wildman–Crippen LogP) is 5.11. The van der Waals surface area contributed by atoms with Crippen LogP contribution in [0, 0.1) is 0 Å². The standard InChI is InChI=1S/C28H34N2O4/c1-28(2,3)20-9-11-25(32-4)23(19-20)27(31)29-24-10-12-26(22-8-6-5-7-21(22)24)34-18-15-30-13-16-33-17-14-30/h5-12,19H,13-18H2,1-4H3,(H,29,31). The average molecular weight is 463 g/mol. The number of morpholine rings is 1. The van der Waals surface area contributed by atoms with Gasteiger partial charge in [-0.2, -0.15) is 0 Å². The highest BCUT2D eigenvalue weighted by molar-refractivity contribution is 6.11. The SMILES string of the molecule is COc1ccc(C(C)(C)C)cc1C(=O)Nc1ccc(OCCN2CCOCC2)c2ccccc12. The third kappa shape index (κ3) is 5.51. The van der Waals surface area contributed by atoms with E-state index in [1.165, 1.54) is 0 Å². The first-order valence-corrected chi connectivity index (χ1v) is 11.8. The van der Waals surface area contributed by atoms with E-state index in [0.29, 0.717) is 17.9 Å². The second-order valence-corrected chi connectivity index (χ2v) is 9.58. The third-order valence-electron chi connectivity index (χ3n) is 6.21. The fourth-order valence-corrected chi connectivity index (χ4v) is 4.16. The molecule has 6 heteroatoms. The van der Waals surface area contributed by atoms with E-state index in [2.05, 4.69) is 31.0 Å². The highest BCUT2D eigenvalue weighted by atomic mass is 16.5. The van der Waals surface area contributed by atoms with Gasteiger partial charge >= 0.3 is 0 Å². The van der Waals surface area contributed by atoms with Crippen molar-refractivity contribution in [3.63, 3.8) is 0 Å². The Labute approximate surface area is 201 Å². The van der Waals surface area contributed by atoms with Gasteiger partial charge in [0.1, 0.15) is 18.1 Å². The Balaban J connectivity index is 1.55. The molecule has 1 aliphatic heterocycles. The number of fused-ring (bicyclic) bond motifs is 1. The van der Waals surface area contributed by atoms with Gasteiger partial charge in [0.15, 0.2) is 0 Å². The van der Waals surface area contributed by atoms with E-state index < -0.39 is 0 Å². The molecule has 180 valence electrons. The molecule has 34 heavy (non-hydrogen) atoms. The number of ether oxygens (including phenoxy) is 3. The molecule has 4 rings (SSSR count). The molecule has 0 saturated carbocycles. The summed E-state index contributed by atoms with van der Waals surface area (Å²) in [6, 6.07) is 17.6. The van der Waals surface area contributed by atoms with Crippen LogP contribution in [0.2, 0.25) is 0 Å². The number of amides is 1. The molecule has 6 nitrogen and oxygen atoms in total. The number of methoxy groups -OCH3 is 1. The second-order valence-electron chi connectivity index (χ2n) is 9.58. The summed E-state index contributed by atoms with van der Waals surface area (Å²) in [5.74, 6) is 1.17. The fourth-order valence-electron chi connectivity index (χ4n) is 4.16. The van der Waals surface area contributed by atoms with E-state index in [9.17, 15) is 4.79 Å². The first-order valence-electron chi connectivity index (χ1n) is 11.8. The summed E-state index contributed by atoms with van der Waals surface area (Å²) in [6.45, 7) is 11.3. The molecule has 0 radical (unpaired) electrons. The maximum atomic E-state index is 13.3. The summed E-state index contributed by atoms with van der Waals surface area (Å²) < 4.78 is 17.0. The maximum absolute atomic E-state index is 13.3. The number of carbonyl (C=O) groups is 1. The highest BCUT2D eigenvalue weighted by Crippen LogP contribution is 2.33. The quantitative estimate of drug-likeness (QED) is 0.529. The summed E-state index contributed by atoms with van der Waals surface area (Å²) in [5.41, 5.74) is 2.26. The first-order chi connectivity index (χ1) is 16.4. The molecule has 3 aromatic rings. The first kappa shape index (κ1) is 24.0. The Hall–Kier alpha value is -3.09. The van der Waals surface area contributed by atoms with Crippen molar-refractivity contribution in [3.05, 3.63) is 65.7 Å². The lowest BCUT2D eigenvalue weighted by Gasteiger charge is -2.26. The predicted molar refractivity (Wildman–Crippen MR) is 136 cm³/mol. The van der Waals surface area contributed by atoms with E-state index >= 15 is 0 Å². The van der Waals surface area contributed by atoms with E-state index in [1.54, 1.807) is 7.11 Å². The average Bonchev–Trinajstić information content (AvgIpc) is 2.85. The van der Waals surface area contributed by atoms with Gasteiger partial charge in [-0.3, -0.25) is 9.69 Å². The number of hydrogen-bond donors (Lipinski definition) is 1. The lowest BCUT2D eigenvalue weighted by atomic mass is 9.86. The van der Waals surface area contributed by atoms with Gasteiger partial charge in [-0.05, 0) is 35.2 Å². The molecular formula is C28H34N2O4. The molecule has 1 N–H and O–H groups in total. The van der Waals surface area contributed by atoms with Gasteiger partial charge < -0.3 is 19.5 Å².